The minimum Gasteiger partial charge on any atom is -0.444 e. The van der Waals surface area contributed by atoms with Gasteiger partial charge in [0.25, 0.3) is 0 Å². The monoisotopic (exact) mass is 469 g/mol. The number of ether oxygens (including phenoxy) is 2. The first-order chi connectivity index (χ1) is 15.7. The van der Waals surface area contributed by atoms with Crippen LogP contribution in [0.5, 0.6) is 5.75 Å². The normalized spacial score (nSPS) is 12.2. The molecule has 3 aromatic rings. The summed E-state index contributed by atoms with van der Waals surface area (Å²) in [5, 5.41) is 3.30. The van der Waals surface area contributed by atoms with E-state index in [1.165, 1.54) is 12.1 Å². The molecule has 0 fully saturated rings. The number of amides is 1. The highest BCUT2D eigenvalue weighted by Crippen LogP contribution is 2.29. The van der Waals surface area contributed by atoms with Gasteiger partial charge in [0.15, 0.2) is 0 Å². The number of thioether (sulfide) groups is 1. The summed E-state index contributed by atoms with van der Waals surface area (Å²) in [7, 11) is 0. The second kappa shape index (κ2) is 10.6. The Bertz CT molecular complexity index is 1180. The van der Waals surface area contributed by atoms with E-state index in [1.807, 2.05) is 36.6 Å². The van der Waals surface area contributed by atoms with Crippen LogP contribution in [0.15, 0.2) is 63.8 Å². The summed E-state index contributed by atoms with van der Waals surface area (Å²) < 4.78 is 16.1. The molecule has 0 bridgehead atoms. The summed E-state index contributed by atoms with van der Waals surface area (Å²) in [6.45, 7) is 5.23. The zero-order chi connectivity index (χ0) is 24.0. The lowest BCUT2D eigenvalue weighted by molar-refractivity contribution is -0.136. The number of carbonyl (C=O) groups excluding carboxylic acids is 2. The molecule has 174 valence electrons. The first-order valence-corrected chi connectivity index (χ1v) is 11.9. The third-order valence-electron chi connectivity index (χ3n) is 4.61. The standard InChI is InChI=1S/C25H27NO6S/c1-25(2,3)32-24(29)26-20(12-13-33-4)23(28)30-17-10-11-18-19(16-8-6-5-7-9-16)15-22(27)31-21(18)14-17/h5-11,14-15,20H,12-13H2,1-4H3,(H,26,29)/t20-/m0/s1. The molecule has 3 rings (SSSR count). The molecule has 1 amide bonds. The van der Waals surface area contributed by atoms with Gasteiger partial charge in [-0.1, -0.05) is 30.3 Å². The third kappa shape index (κ3) is 6.86. The van der Waals surface area contributed by atoms with Gasteiger partial charge in [0.1, 0.15) is 23.0 Å². The van der Waals surface area contributed by atoms with Gasteiger partial charge in [0.2, 0.25) is 0 Å². The Morgan fingerprint density at radius 3 is 2.48 bits per heavy atom. The summed E-state index contributed by atoms with van der Waals surface area (Å²) in [5.41, 5.74) is 0.703. The number of carbonyl (C=O) groups is 2. The minimum atomic E-state index is -0.884. The number of hydrogen-bond donors (Lipinski definition) is 1. The highest BCUT2D eigenvalue weighted by Gasteiger charge is 2.26. The van der Waals surface area contributed by atoms with Crippen LogP contribution in [0.4, 0.5) is 4.79 Å². The van der Waals surface area contributed by atoms with Crippen molar-refractivity contribution < 1.29 is 23.5 Å². The Morgan fingerprint density at radius 2 is 1.82 bits per heavy atom. The molecule has 0 spiro atoms. The predicted molar refractivity (Wildman–Crippen MR) is 130 cm³/mol. The fourth-order valence-corrected chi connectivity index (χ4v) is 3.66. The number of nitrogens with one attached hydrogen (secondary N) is 1. The molecule has 1 atom stereocenters. The molecule has 0 radical (unpaired) electrons. The van der Waals surface area contributed by atoms with Crippen molar-refractivity contribution in [2.45, 2.75) is 38.8 Å². The summed E-state index contributed by atoms with van der Waals surface area (Å²) in [4.78, 5) is 37.1. The molecular weight excluding hydrogens is 442 g/mol. The van der Waals surface area contributed by atoms with Crippen molar-refractivity contribution in [3.8, 4) is 16.9 Å². The van der Waals surface area contributed by atoms with Gasteiger partial charge in [-0.15, -0.1) is 0 Å². The Kier molecular flexibility index (Phi) is 7.81. The van der Waals surface area contributed by atoms with E-state index in [-0.39, 0.29) is 5.75 Å². The van der Waals surface area contributed by atoms with Gasteiger partial charge in [-0.25, -0.2) is 14.4 Å². The average Bonchev–Trinajstić information content (AvgIpc) is 2.75. The van der Waals surface area contributed by atoms with Crippen molar-refractivity contribution in [2.75, 3.05) is 12.0 Å². The number of alkyl carbamates (subject to hydrolysis) is 1. The van der Waals surface area contributed by atoms with Gasteiger partial charge in [-0.05, 0) is 62.5 Å². The lowest BCUT2D eigenvalue weighted by atomic mass is 10.0. The number of benzene rings is 2. The number of rotatable bonds is 7. The van der Waals surface area contributed by atoms with Crippen LogP contribution < -0.4 is 15.7 Å². The fraction of sp³-hybridized carbons (Fsp3) is 0.320. The molecule has 0 aliphatic carbocycles. The van der Waals surface area contributed by atoms with Crippen LogP contribution in [0.2, 0.25) is 0 Å². The molecule has 1 heterocycles. The maximum Gasteiger partial charge on any atom is 0.408 e. The highest BCUT2D eigenvalue weighted by molar-refractivity contribution is 7.98. The van der Waals surface area contributed by atoms with Crippen molar-refractivity contribution in [1.29, 1.82) is 0 Å². The number of esters is 1. The van der Waals surface area contributed by atoms with Crippen molar-refractivity contribution in [1.82, 2.24) is 5.32 Å². The van der Waals surface area contributed by atoms with Crippen molar-refractivity contribution in [3.05, 3.63) is 65.0 Å². The van der Waals surface area contributed by atoms with Gasteiger partial charge in [-0.3, -0.25) is 0 Å². The average molecular weight is 470 g/mol. The molecule has 1 aromatic heterocycles. The molecule has 2 aromatic carbocycles. The third-order valence-corrected chi connectivity index (χ3v) is 5.25. The van der Waals surface area contributed by atoms with Gasteiger partial charge in [0.05, 0.1) is 0 Å². The molecule has 0 saturated carbocycles. The van der Waals surface area contributed by atoms with E-state index in [2.05, 4.69) is 5.32 Å². The molecule has 0 saturated heterocycles. The van der Waals surface area contributed by atoms with E-state index in [9.17, 15) is 14.4 Å². The first kappa shape index (κ1) is 24.4. The predicted octanol–water partition coefficient (Wildman–Crippen LogP) is 5.01. The topological polar surface area (TPSA) is 94.8 Å². The summed E-state index contributed by atoms with van der Waals surface area (Å²) >= 11 is 1.55. The van der Waals surface area contributed by atoms with Crippen LogP contribution >= 0.6 is 11.8 Å². The highest BCUT2D eigenvalue weighted by atomic mass is 32.2. The van der Waals surface area contributed by atoms with Crippen LogP contribution in [0, 0.1) is 0 Å². The largest absolute Gasteiger partial charge is 0.444 e. The minimum absolute atomic E-state index is 0.209. The second-order valence-corrected chi connectivity index (χ2v) is 9.39. The van der Waals surface area contributed by atoms with Gasteiger partial charge < -0.3 is 19.2 Å². The second-order valence-electron chi connectivity index (χ2n) is 8.40. The van der Waals surface area contributed by atoms with Crippen LogP contribution in [0.3, 0.4) is 0 Å². The van der Waals surface area contributed by atoms with Gasteiger partial charge in [0, 0.05) is 17.5 Å². The van der Waals surface area contributed by atoms with Crippen LogP contribution in [-0.4, -0.2) is 35.7 Å². The summed E-state index contributed by atoms with van der Waals surface area (Å²) in [6, 6.07) is 14.9. The zero-order valence-corrected chi connectivity index (χ0v) is 19.9. The molecule has 0 unspecified atom stereocenters. The smallest absolute Gasteiger partial charge is 0.408 e. The Labute approximate surface area is 196 Å². The molecule has 1 N–H and O–H groups in total. The van der Waals surface area contributed by atoms with Crippen molar-refractivity contribution in [2.24, 2.45) is 0 Å². The molecule has 0 aliphatic rings. The van der Waals surface area contributed by atoms with Crippen LogP contribution in [-0.2, 0) is 9.53 Å². The van der Waals surface area contributed by atoms with E-state index < -0.39 is 29.3 Å². The van der Waals surface area contributed by atoms with Gasteiger partial charge >= 0.3 is 17.7 Å². The van der Waals surface area contributed by atoms with Crippen LogP contribution in [0.25, 0.3) is 22.1 Å². The number of fused-ring (bicyclic) bond motifs is 1. The van der Waals surface area contributed by atoms with E-state index in [0.717, 1.165) is 11.1 Å². The SMILES string of the molecule is CSCC[C@H](NC(=O)OC(C)(C)C)C(=O)Oc1ccc2c(-c3ccccc3)cc(=O)oc2c1. The fourth-order valence-electron chi connectivity index (χ4n) is 3.18. The van der Waals surface area contributed by atoms with E-state index in [4.69, 9.17) is 13.9 Å². The molecule has 33 heavy (non-hydrogen) atoms. The van der Waals surface area contributed by atoms with Crippen LogP contribution in [0.1, 0.15) is 27.2 Å². The Hall–Kier alpha value is -3.26. The summed E-state index contributed by atoms with van der Waals surface area (Å²) in [5.74, 6) is 0.222. The van der Waals surface area contributed by atoms with E-state index in [0.29, 0.717) is 23.1 Å². The quantitative estimate of drug-likeness (QED) is 0.295. The van der Waals surface area contributed by atoms with Crippen molar-refractivity contribution in [3.63, 3.8) is 0 Å². The molecule has 0 aliphatic heterocycles. The Balaban J connectivity index is 1.84. The molecule has 8 heteroatoms. The zero-order valence-electron chi connectivity index (χ0n) is 19.0. The maximum absolute atomic E-state index is 12.8. The van der Waals surface area contributed by atoms with E-state index in [1.54, 1.807) is 44.7 Å². The van der Waals surface area contributed by atoms with Gasteiger partial charge in [-0.2, -0.15) is 11.8 Å². The molecular formula is C25H27NO6S. The summed E-state index contributed by atoms with van der Waals surface area (Å²) in [6.07, 6.45) is 1.59. The Morgan fingerprint density at radius 1 is 1.09 bits per heavy atom. The number of hydrogen-bond acceptors (Lipinski definition) is 7. The maximum atomic E-state index is 12.8. The first-order valence-electron chi connectivity index (χ1n) is 10.5. The lowest BCUT2D eigenvalue weighted by Crippen LogP contribution is -2.45. The molecule has 7 nitrogen and oxygen atoms in total. The van der Waals surface area contributed by atoms with Crippen molar-refractivity contribution >= 4 is 34.8 Å². The van der Waals surface area contributed by atoms with E-state index >= 15 is 0 Å². The lowest BCUT2D eigenvalue weighted by Gasteiger charge is -2.22.